The molecule has 0 aliphatic carbocycles. The summed E-state index contributed by atoms with van der Waals surface area (Å²) in [6, 6.07) is 16.7. The van der Waals surface area contributed by atoms with Gasteiger partial charge in [0.15, 0.2) is 12.1 Å². The van der Waals surface area contributed by atoms with Gasteiger partial charge < -0.3 is 9.32 Å². The van der Waals surface area contributed by atoms with E-state index in [4.69, 9.17) is 4.42 Å². The Bertz CT molecular complexity index is 714. The highest BCUT2D eigenvalue weighted by molar-refractivity contribution is 5.72. The van der Waals surface area contributed by atoms with Crippen molar-refractivity contribution in [1.82, 2.24) is 4.98 Å². The van der Waals surface area contributed by atoms with E-state index in [1.807, 2.05) is 24.3 Å². The normalized spacial score (nSPS) is 18.1. The van der Waals surface area contributed by atoms with Crippen LogP contribution in [0.3, 0.4) is 0 Å². The van der Waals surface area contributed by atoms with Crippen molar-refractivity contribution >= 4 is 11.1 Å². The third-order valence-electron chi connectivity index (χ3n) is 4.05. The van der Waals surface area contributed by atoms with Gasteiger partial charge >= 0.3 is 0 Å². The van der Waals surface area contributed by atoms with Crippen LogP contribution in [-0.2, 0) is 19.5 Å². The minimum Gasteiger partial charge on any atom is -0.435 e. The number of nitrogens with one attached hydrogen (secondary N) is 1. The molecule has 1 atom stereocenters. The van der Waals surface area contributed by atoms with E-state index in [-0.39, 0.29) is 0 Å². The lowest BCUT2D eigenvalue weighted by atomic mass is 10.00. The van der Waals surface area contributed by atoms with Crippen molar-refractivity contribution < 1.29 is 9.32 Å². The van der Waals surface area contributed by atoms with Gasteiger partial charge in [0, 0.05) is 12.0 Å². The second-order valence-corrected chi connectivity index (χ2v) is 5.45. The second kappa shape index (κ2) is 4.76. The van der Waals surface area contributed by atoms with Gasteiger partial charge in [-0.15, -0.1) is 0 Å². The Balaban J connectivity index is 1.55. The monoisotopic (exact) mass is 265 g/mol. The fourth-order valence-electron chi connectivity index (χ4n) is 3.00. The van der Waals surface area contributed by atoms with Gasteiger partial charge in [0.05, 0.1) is 6.54 Å². The van der Waals surface area contributed by atoms with E-state index in [1.165, 1.54) is 16.0 Å². The van der Waals surface area contributed by atoms with Crippen LogP contribution < -0.4 is 4.90 Å². The number of hydrogen-bond acceptors (Lipinski definition) is 2. The maximum absolute atomic E-state index is 5.83. The molecule has 3 heteroatoms. The Morgan fingerprint density at radius 1 is 1.00 bits per heavy atom. The standard InChI is InChI=1S/C17H16N2O/c1-2-6-14-11-19(10-9-13(14)5-1)12-17-18-15-7-3-4-8-16(15)20-17/h1-8H,9-12H2/p+1. The average Bonchev–Trinajstić information content (AvgIpc) is 2.89. The Kier molecular flexibility index (Phi) is 2.78. The fraction of sp³-hybridized carbons (Fsp3) is 0.235. The molecule has 1 aromatic heterocycles. The van der Waals surface area contributed by atoms with Gasteiger partial charge in [-0.1, -0.05) is 36.4 Å². The van der Waals surface area contributed by atoms with Gasteiger partial charge in [-0.05, 0) is 17.7 Å². The van der Waals surface area contributed by atoms with E-state index in [0.717, 1.165) is 43.0 Å². The van der Waals surface area contributed by atoms with Crippen LogP contribution >= 0.6 is 0 Å². The third kappa shape index (κ3) is 2.10. The molecular weight excluding hydrogens is 248 g/mol. The average molecular weight is 265 g/mol. The summed E-state index contributed by atoms with van der Waals surface area (Å²) in [5.74, 6) is 0.848. The zero-order chi connectivity index (χ0) is 13.4. The predicted molar refractivity (Wildman–Crippen MR) is 77.4 cm³/mol. The van der Waals surface area contributed by atoms with Gasteiger partial charge in [-0.25, -0.2) is 4.98 Å². The number of aromatic nitrogens is 1. The third-order valence-corrected chi connectivity index (χ3v) is 4.05. The van der Waals surface area contributed by atoms with Crippen molar-refractivity contribution in [3.8, 4) is 0 Å². The van der Waals surface area contributed by atoms with E-state index in [2.05, 4.69) is 29.2 Å². The number of nitrogens with zero attached hydrogens (tertiary/aromatic N) is 1. The van der Waals surface area contributed by atoms with Crippen LogP contribution in [0.2, 0.25) is 0 Å². The number of hydrogen-bond donors (Lipinski definition) is 1. The minimum absolute atomic E-state index is 0.848. The Labute approximate surface area is 117 Å². The molecule has 2 heterocycles. The van der Waals surface area contributed by atoms with E-state index in [9.17, 15) is 0 Å². The predicted octanol–water partition coefficient (Wildman–Crippen LogP) is 1.97. The first-order valence-corrected chi connectivity index (χ1v) is 7.13. The lowest BCUT2D eigenvalue weighted by Crippen LogP contribution is -3.10. The fourth-order valence-corrected chi connectivity index (χ4v) is 3.00. The number of benzene rings is 2. The van der Waals surface area contributed by atoms with Gasteiger partial charge in [-0.2, -0.15) is 0 Å². The summed E-state index contributed by atoms with van der Waals surface area (Å²) >= 11 is 0. The molecule has 20 heavy (non-hydrogen) atoms. The smallest absolute Gasteiger partial charge is 0.251 e. The molecule has 3 nitrogen and oxygen atoms in total. The molecule has 0 spiro atoms. The lowest BCUT2D eigenvalue weighted by Gasteiger charge is -2.24. The molecule has 0 radical (unpaired) electrons. The molecule has 0 saturated carbocycles. The van der Waals surface area contributed by atoms with Crippen LogP contribution in [0, 0.1) is 0 Å². The first-order valence-electron chi connectivity index (χ1n) is 7.13. The molecule has 1 unspecified atom stereocenters. The molecule has 1 aliphatic rings. The van der Waals surface area contributed by atoms with Gasteiger partial charge in [0.2, 0.25) is 0 Å². The molecule has 0 bridgehead atoms. The summed E-state index contributed by atoms with van der Waals surface area (Å²) in [7, 11) is 0. The molecule has 100 valence electrons. The van der Waals surface area contributed by atoms with Crippen LogP contribution in [0.25, 0.3) is 11.1 Å². The molecule has 0 amide bonds. The second-order valence-electron chi connectivity index (χ2n) is 5.45. The summed E-state index contributed by atoms with van der Waals surface area (Å²) in [4.78, 5) is 6.10. The van der Waals surface area contributed by atoms with Crippen LogP contribution in [0.5, 0.6) is 0 Å². The van der Waals surface area contributed by atoms with Crippen LogP contribution in [0.1, 0.15) is 17.0 Å². The number of quaternary nitrogens is 1. The van der Waals surface area contributed by atoms with Crippen LogP contribution in [-0.4, -0.2) is 11.5 Å². The minimum atomic E-state index is 0.848. The molecule has 3 aromatic rings. The van der Waals surface area contributed by atoms with E-state index >= 15 is 0 Å². The largest absolute Gasteiger partial charge is 0.435 e. The number of para-hydroxylation sites is 2. The summed E-state index contributed by atoms with van der Waals surface area (Å²) in [6.07, 6.45) is 1.14. The number of oxazole rings is 1. The Hall–Kier alpha value is -2.13. The topological polar surface area (TPSA) is 30.5 Å². The zero-order valence-corrected chi connectivity index (χ0v) is 11.3. The quantitative estimate of drug-likeness (QED) is 0.768. The van der Waals surface area contributed by atoms with Crippen molar-refractivity contribution in [1.29, 1.82) is 0 Å². The summed E-state index contributed by atoms with van der Waals surface area (Å²) in [6.45, 7) is 3.08. The van der Waals surface area contributed by atoms with E-state index in [0.29, 0.717) is 0 Å². The van der Waals surface area contributed by atoms with E-state index in [1.54, 1.807) is 0 Å². The lowest BCUT2D eigenvalue weighted by molar-refractivity contribution is -0.930. The van der Waals surface area contributed by atoms with Crippen molar-refractivity contribution in [3.63, 3.8) is 0 Å². The maximum Gasteiger partial charge on any atom is 0.251 e. The Morgan fingerprint density at radius 2 is 1.80 bits per heavy atom. The Morgan fingerprint density at radius 3 is 2.70 bits per heavy atom. The summed E-state index contributed by atoms with van der Waals surface area (Å²) in [5.41, 5.74) is 4.80. The number of fused-ring (bicyclic) bond motifs is 2. The molecular formula is C17H17N2O+. The molecule has 4 rings (SSSR count). The highest BCUT2D eigenvalue weighted by Gasteiger charge is 2.21. The molecule has 0 saturated heterocycles. The first-order chi connectivity index (χ1) is 9.88. The SMILES string of the molecule is c1ccc2c(c1)CC[NH+](Cc1nc3ccccc3o1)C2. The molecule has 1 N–H and O–H groups in total. The first kappa shape index (κ1) is 11.7. The molecule has 0 fully saturated rings. The number of rotatable bonds is 2. The highest BCUT2D eigenvalue weighted by atomic mass is 16.3. The van der Waals surface area contributed by atoms with Gasteiger partial charge in [-0.3, -0.25) is 0 Å². The van der Waals surface area contributed by atoms with Gasteiger partial charge in [0.1, 0.15) is 12.1 Å². The van der Waals surface area contributed by atoms with Crippen molar-refractivity contribution in [2.45, 2.75) is 19.5 Å². The van der Waals surface area contributed by atoms with Crippen LogP contribution in [0.4, 0.5) is 0 Å². The zero-order valence-electron chi connectivity index (χ0n) is 11.3. The summed E-state index contributed by atoms with van der Waals surface area (Å²) < 4.78 is 5.83. The van der Waals surface area contributed by atoms with Crippen molar-refractivity contribution in [3.05, 3.63) is 65.5 Å². The van der Waals surface area contributed by atoms with Crippen LogP contribution in [0.15, 0.2) is 52.9 Å². The molecule has 1 aliphatic heterocycles. The maximum atomic E-state index is 5.83. The van der Waals surface area contributed by atoms with Crippen molar-refractivity contribution in [2.24, 2.45) is 0 Å². The molecule has 2 aromatic carbocycles. The summed E-state index contributed by atoms with van der Waals surface area (Å²) in [5, 5.41) is 0. The highest BCUT2D eigenvalue weighted by Crippen LogP contribution is 2.15. The van der Waals surface area contributed by atoms with E-state index < -0.39 is 0 Å². The van der Waals surface area contributed by atoms with Crippen molar-refractivity contribution in [2.75, 3.05) is 6.54 Å². The van der Waals surface area contributed by atoms with Gasteiger partial charge in [0.25, 0.3) is 5.89 Å².